The molecule has 0 atom stereocenters. The number of rotatable bonds is 8. The molecule has 0 bridgehead atoms. The maximum absolute atomic E-state index is 12.4. The van der Waals surface area contributed by atoms with E-state index in [1.807, 2.05) is 0 Å². The Morgan fingerprint density at radius 3 is 2.61 bits per heavy atom. The van der Waals surface area contributed by atoms with Crippen LogP contribution in [-0.2, 0) is 32.4 Å². The largest absolute Gasteiger partial charge is 0.504 e. The Balaban J connectivity index is 1.56. The zero-order valence-electron chi connectivity index (χ0n) is 17.5. The lowest BCUT2D eigenvalue weighted by atomic mass is 9.99. The molecule has 3 rings (SSSR count). The highest BCUT2D eigenvalue weighted by molar-refractivity contribution is 7.92. The smallest absolute Gasteiger partial charge is 0.306 e. The number of esters is 1. The molecular weight excluding hydrogens is 422 g/mol. The molecule has 0 aromatic heterocycles. The number of nitrogens with zero attached hydrogens (tertiary/aromatic N) is 1. The molecule has 9 heteroatoms. The Labute approximate surface area is 181 Å². The Morgan fingerprint density at radius 1 is 1.16 bits per heavy atom. The molecule has 0 unspecified atom stereocenters. The molecule has 2 aromatic rings. The number of ketones is 1. The molecule has 0 radical (unpaired) electrons. The van der Waals surface area contributed by atoms with E-state index in [1.54, 1.807) is 30.3 Å². The molecule has 2 aromatic carbocycles. The van der Waals surface area contributed by atoms with Crippen molar-refractivity contribution in [2.75, 3.05) is 30.8 Å². The molecule has 166 valence electrons. The number of methoxy groups -OCH3 is 1. The van der Waals surface area contributed by atoms with Gasteiger partial charge in [-0.25, -0.2) is 8.42 Å². The second-order valence-corrected chi connectivity index (χ2v) is 9.28. The zero-order valence-corrected chi connectivity index (χ0v) is 18.3. The predicted octanol–water partition coefficient (Wildman–Crippen LogP) is 2.47. The lowest BCUT2D eigenvalue weighted by Gasteiger charge is -2.29. The molecule has 1 heterocycles. The Morgan fingerprint density at radius 2 is 1.94 bits per heavy atom. The van der Waals surface area contributed by atoms with Crippen LogP contribution in [0.3, 0.4) is 0 Å². The van der Waals surface area contributed by atoms with Gasteiger partial charge in [-0.05, 0) is 60.7 Å². The van der Waals surface area contributed by atoms with E-state index in [4.69, 9.17) is 9.47 Å². The fourth-order valence-electron chi connectivity index (χ4n) is 3.52. The highest BCUT2D eigenvalue weighted by atomic mass is 32.2. The van der Waals surface area contributed by atoms with Crippen molar-refractivity contribution in [3.8, 4) is 11.5 Å². The SMILES string of the molecule is COc1ccc(CCC(=O)OCC(=O)c2ccc3c(c2)CCCN3S(C)(=O)=O)cc1O. The minimum atomic E-state index is -3.37. The summed E-state index contributed by atoms with van der Waals surface area (Å²) in [5, 5.41) is 9.78. The van der Waals surface area contributed by atoms with Gasteiger partial charge in [0.1, 0.15) is 0 Å². The third-order valence-corrected chi connectivity index (χ3v) is 6.28. The first-order valence-electron chi connectivity index (χ1n) is 9.84. The van der Waals surface area contributed by atoms with Gasteiger partial charge < -0.3 is 14.6 Å². The number of Topliss-reactive ketones (excluding diaryl/α,β-unsaturated/α-hetero) is 1. The zero-order chi connectivity index (χ0) is 22.6. The molecule has 0 spiro atoms. The van der Waals surface area contributed by atoms with Crippen LogP contribution in [0.1, 0.15) is 34.3 Å². The van der Waals surface area contributed by atoms with Crippen molar-refractivity contribution in [1.82, 2.24) is 0 Å². The van der Waals surface area contributed by atoms with Gasteiger partial charge in [-0.3, -0.25) is 13.9 Å². The first kappa shape index (κ1) is 22.6. The second-order valence-electron chi connectivity index (χ2n) is 7.37. The molecule has 1 aliphatic heterocycles. The quantitative estimate of drug-likeness (QED) is 0.489. The summed E-state index contributed by atoms with van der Waals surface area (Å²) in [6.45, 7) is 0.0317. The standard InChI is InChI=1S/C22H25NO7S/c1-29-21-9-5-15(12-19(21)24)6-10-22(26)30-14-20(25)17-7-8-18-16(13-17)4-3-11-23(18)31(2,27)28/h5,7-9,12-13,24H,3-4,6,10-11,14H2,1-2H3. The summed E-state index contributed by atoms with van der Waals surface area (Å²) in [4.78, 5) is 24.5. The number of carbonyl (C=O) groups excluding carboxylic acids is 2. The molecule has 31 heavy (non-hydrogen) atoms. The number of fused-ring (bicyclic) bond motifs is 1. The third kappa shape index (κ3) is 5.55. The summed E-state index contributed by atoms with van der Waals surface area (Å²) < 4.78 is 35.3. The highest BCUT2D eigenvalue weighted by Gasteiger charge is 2.24. The number of benzene rings is 2. The Hall–Kier alpha value is -3.07. The van der Waals surface area contributed by atoms with Crippen molar-refractivity contribution in [2.45, 2.75) is 25.7 Å². The van der Waals surface area contributed by atoms with Crippen molar-refractivity contribution in [2.24, 2.45) is 0 Å². The van der Waals surface area contributed by atoms with Crippen molar-refractivity contribution in [1.29, 1.82) is 0 Å². The summed E-state index contributed by atoms with van der Waals surface area (Å²) in [6, 6.07) is 9.72. The lowest BCUT2D eigenvalue weighted by Crippen LogP contribution is -2.34. The van der Waals surface area contributed by atoms with E-state index in [0.29, 0.717) is 42.8 Å². The van der Waals surface area contributed by atoms with E-state index >= 15 is 0 Å². The van der Waals surface area contributed by atoms with Crippen LogP contribution in [0.2, 0.25) is 0 Å². The topological polar surface area (TPSA) is 110 Å². The van der Waals surface area contributed by atoms with Crippen LogP contribution in [-0.4, -0.2) is 51.8 Å². The van der Waals surface area contributed by atoms with Crippen molar-refractivity contribution < 1.29 is 32.6 Å². The molecule has 0 fully saturated rings. The van der Waals surface area contributed by atoms with Gasteiger partial charge in [0, 0.05) is 18.5 Å². The average Bonchev–Trinajstić information content (AvgIpc) is 2.74. The van der Waals surface area contributed by atoms with Gasteiger partial charge in [-0.1, -0.05) is 6.07 Å². The molecule has 8 nitrogen and oxygen atoms in total. The van der Waals surface area contributed by atoms with Gasteiger partial charge in [0.05, 0.1) is 19.1 Å². The van der Waals surface area contributed by atoms with Crippen molar-refractivity contribution >= 4 is 27.5 Å². The molecule has 0 amide bonds. The predicted molar refractivity (Wildman–Crippen MR) is 115 cm³/mol. The number of anilines is 1. The molecular formula is C22H25NO7S. The summed E-state index contributed by atoms with van der Waals surface area (Å²) in [5.41, 5.74) is 2.49. The van der Waals surface area contributed by atoms with Gasteiger partial charge in [0.15, 0.2) is 23.9 Å². The van der Waals surface area contributed by atoms with E-state index in [9.17, 15) is 23.1 Å². The molecule has 0 saturated heterocycles. The number of aromatic hydroxyl groups is 1. The summed E-state index contributed by atoms with van der Waals surface area (Å²) in [6.07, 6.45) is 2.93. The molecule has 1 aliphatic rings. The van der Waals surface area contributed by atoms with Crippen LogP contribution < -0.4 is 9.04 Å². The fraction of sp³-hybridized carbons (Fsp3) is 0.364. The summed E-state index contributed by atoms with van der Waals surface area (Å²) in [5.74, 6) is -0.536. The number of sulfonamides is 1. The minimum Gasteiger partial charge on any atom is -0.504 e. The van der Waals surface area contributed by atoms with Crippen molar-refractivity contribution in [3.63, 3.8) is 0 Å². The third-order valence-electron chi connectivity index (χ3n) is 5.10. The first-order valence-corrected chi connectivity index (χ1v) is 11.7. The number of aryl methyl sites for hydroxylation is 2. The van der Waals surface area contributed by atoms with Crippen LogP contribution in [0.5, 0.6) is 11.5 Å². The normalized spacial score (nSPS) is 13.4. The van der Waals surface area contributed by atoms with E-state index in [-0.39, 0.29) is 24.6 Å². The van der Waals surface area contributed by atoms with Crippen molar-refractivity contribution in [3.05, 3.63) is 53.1 Å². The Bertz CT molecular complexity index is 1100. The summed E-state index contributed by atoms with van der Waals surface area (Å²) in [7, 11) is -1.92. The molecule has 0 aliphatic carbocycles. The number of carbonyl (C=O) groups is 2. The minimum absolute atomic E-state index is 0.00890. The van der Waals surface area contributed by atoms with Gasteiger partial charge in [-0.15, -0.1) is 0 Å². The average molecular weight is 448 g/mol. The van der Waals surface area contributed by atoms with Crippen LogP contribution in [0.15, 0.2) is 36.4 Å². The number of hydrogen-bond acceptors (Lipinski definition) is 7. The maximum atomic E-state index is 12.4. The number of phenolic OH excluding ortho intramolecular Hbond substituents is 1. The van der Waals surface area contributed by atoms with E-state index in [2.05, 4.69) is 0 Å². The number of hydrogen-bond donors (Lipinski definition) is 1. The summed E-state index contributed by atoms with van der Waals surface area (Å²) >= 11 is 0. The van der Waals surface area contributed by atoms with E-state index in [0.717, 1.165) is 17.4 Å². The molecule has 0 saturated carbocycles. The van der Waals surface area contributed by atoms with Gasteiger partial charge in [0.25, 0.3) is 0 Å². The van der Waals surface area contributed by atoms with E-state index < -0.39 is 16.0 Å². The van der Waals surface area contributed by atoms with Gasteiger partial charge >= 0.3 is 5.97 Å². The first-order chi connectivity index (χ1) is 14.7. The maximum Gasteiger partial charge on any atom is 0.306 e. The highest BCUT2D eigenvalue weighted by Crippen LogP contribution is 2.30. The number of ether oxygens (including phenoxy) is 2. The molecule has 1 N–H and O–H groups in total. The van der Waals surface area contributed by atoms with Crippen LogP contribution in [0.25, 0.3) is 0 Å². The lowest BCUT2D eigenvalue weighted by molar-refractivity contribution is -0.142. The number of phenols is 1. The van der Waals surface area contributed by atoms with Crippen LogP contribution in [0, 0.1) is 0 Å². The van der Waals surface area contributed by atoms with Crippen LogP contribution >= 0.6 is 0 Å². The Kier molecular flexibility index (Phi) is 6.84. The second kappa shape index (κ2) is 9.38. The van der Waals surface area contributed by atoms with Gasteiger partial charge in [-0.2, -0.15) is 0 Å². The monoisotopic (exact) mass is 447 g/mol. The fourth-order valence-corrected chi connectivity index (χ4v) is 4.52. The van der Waals surface area contributed by atoms with E-state index in [1.165, 1.54) is 17.5 Å². The van der Waals surface area contributed by atoms with Crippen LogP contribution in [0.4, 0.5) is 5.69 Å². The van der Waals surface area contributed by atoms with Gasteiger partial charge in [0.2, 0.25) is 10.0 Å².